The van der Waals surface area contributed by atoms with Gasteiger partial charge in [0.25, 0.3) is 0 Å². The fourth-order valence-electron chi connectivity index (χ4n) is 6.10. The predicted molar refractivity (Wildman–Crippen MR) is 144 cm³/mol. The fourth-order valence-corrected chi connectivity index (χ4v) is 7.33. The largest absolute Gasteiger partial charge is 0.506 e. The Bertz CT molecular complexity index is 1200. The van der Waals surface area contributed by atoms with Crippen LogP contribution in [0.1, 0.15) is 42.7 Å². The number of likely N-dealkylation sites (tertiary alicyclic amines) is 1. The molecule has 2 saturated carbocycles. The first kappa shape index (κ1) is 27.5. The molecule has 3 aliphatic rings. The maximum atomic E-state index is 12.9. The number of fused-ring (bicyclic) bond motifs is 1. The van der Waals surface area contributed by atoms with Gasteiger partial charge in [0.1, 0.15) is 5.75 Å². The second-order valence-electron chi connectivity index (χ2n) is 10.5. The van der Waals surface area contributed by atoms with Gasteiger partial charge in [-0.25, -0.2) is 0 Å². The maximum absolute atomic E-state index is 12.9. The quantitative estimate of drug-likeness (QED) is 0.361. The number of anilines is 1. The zero-order valence-corrected chi connectivity index (χ0v) is 23.6. The Morgan fingerprint density at radius 1 is 1.00 bits per heavy atom. The number of rotatable bonds is 6. The van der Waals surface area contributed by atoms with Gasteiger partial charge in [0, 0.05) is 30.7 Å². The summed E-state index contributed by atoms with van der Waals surface area (Å²) in [6.45, 7) is 1.48. The van der Waals surface area contributed by atoms with Gasteiger partial charge in [-0.3, -0.25) is 14.5 Å². The van der Waals surface area contributed by atoms with E-state index in [4.69, 9.17) is 0 Å². The summed E-state index contributed by atoms with van der Waals surface area (Å²) in [4.78, 5) is 27.3. The highest BCUT2D eigenvalue weighted by molar-refractivity contribution is 9.11. The second-order valence-corrected chi connectivity index (χ2v) is 12.2. The first-order chi connectivity index (χ1) is 18.0. The van der Waals surface area contributed by atoms with Crippen molar-refractivity contribution in [3.05, 3.63) is 56.5 Å². The highest BCUT2D eigenvalue weighted by Gasteiger charge is 2.60. The minimum Gasteiger partial charge on any atom is -0.506 e. The van der Waals surface area contributed by atoms with Crippen molar-refractivity contribution in [2.45, 2.75) is 43.8 Å². The molecule has 1 aliphatic heterocycles. The minimum absolute atomic E-state index is 0.0402. The molecule has 3 atom stereocenters. The summed E-state index contributed by atoms with van der Waals surface area (Å²) in [5.41, 5.74) is 0.418. The van der Waals surface area contributed by atoms with Crippen molar-refractivity contribution < 1.29 is 27.9 Å². The van der Waals surface area contributed by atoms with Crippen LogP contribution in [-0.4, -0.2) is 47.5 Å². The number of phenolic OH excluding ortho intramolecular Hbond substituents is 1. The average molecular weight is 659 g/mol. The molecule has 2 aliphatic carbocycles. The van der Waals surface area contributed by atoms with Crippen LogP contribution in [0.4, 0.5) is 18.9 Å². The zero-order valence-electron chi connectivity index (χ0n) is 20.4. The summed E-state index contributed by atoms with van der Waals surface area (Å²) < 4.78 is 40.0. The molecule has 204 valence electrons. The van der Waals surface area contributed by atoms with Crippen LogP contribution in [0.25, 0.3) is 0 Å². The summed E-state index contributed by atoms with van der Waals surface area (Å²) in [5, 5.41) is 15.0. The number of carbonyl (C=O) groups is 2. The topological polar surface area (TPSA) is 81.7 Å². The Labute approximate surface area is 235 Å². The third kappa shape index (κ3) is 5.89. The molecule has 0 aromatic heterocycles. The lowest BCUT2D eigenvalue weighted by Gasteiger charge is -2.36. The van der Waals surface area contributed by atoms with Crippen LogP contribution in [0.2, 0.25) is 0 Å². The van der Waals surface area contributed by atoms with Crippen LogP contribution in [-0.2, 0) is 15.8 Å². The van der Waals surface area contributed by atoms with E-state index in [0.717, 1.165) is 50.9 Å². The van der Waals surface area contributed by atoms with Gasteiger partial charge in [-0.05, 0) is 111 Å². The summed E-state index contributed by atoms with van der Waals surface area (Å²) in [6.07, 6.45) is -0.163. The van der Waals surface area contributed by atoms with Gasteiger partial charge in [-0.1, -0.05) is 6.07 Å². The molecule has 1 heterocycles. The first-order valence-electron chi connectivity index (χ1n) is 12.7. The average Bonchev–Trinajstić information content (AvgIpc) is 3.38. The molecule has 0 spiro atoms. The van der Waals surface area contributed by atoms with Crippen molar-refractivity contribution in [1.29, 1.82) is 0 Å². The Kier molecular flexibility index (Phi) is 7.81. The summed E-state index contributed by atoms with van der Waals surface area (Å²) in [7, 11) is 0. The van der Waals surface area contributed by atoms with E-state index in [1.807, 2.05) is 12.1 Å². The van der Waals surface area contributed by atoms with E-state index in [-0.39, 0.29) is 29.8 Å². The zero-order chi connectivity index (χ0) is 27.2. The second kappa shape index (κ2) is 10.8. The molecule has 0 radical (unpaired) electrons. The van der Waals surface area contributed by atoms with Crippen LogP contribution < -0.4 is 10.6 Å². The van der Waals surface area contributed by atoms with Crippen molar-refractivity contribution in [1.82, 2.24) is 10.2 Å². The Morgan fingerprint density at radius 2 is 1.63 bits per heavy atom. The number of benzene rings is 2. The van der Waals surface area contributed by atoms with Gasteiger partial charge in [-0.15, -0.1) is 0 Å². The first-order valence-corrected chi connectivity index (χ1v) is 14.3. The fraction of sp³-hybridized carbons (Fsp3) is 0.481. The summed E-state index contributed by atoms with van der Waals surface area (Å²) in [6, 6.07) is 8.92. The molecule has 3 fully saturated rings. The normalized spacial score (nSPS) is 27.0. The van der Waals surface area contributed by atoms with Gasteiger partial charge in [0.15, 0.2) is 0 Å². The van der Waals surface area contributed by atoms with E-state index < -0.39 is 17.6 Å². The molecule has 6 nitrogen and oxygen atoms in total. The van der Waals surface area contributed by atoms with Gasteiger partial charge < -0.3 is 15.7 Å². The number of halogens is 5. The number of nitrogens with zero attached hydrogens (tertiary/aromatic N) is 1. The third-order valence-corrected chi connectivity index (χ3v) is 9.35. The van der Waals surface area contributed by atoms with Crippen LogP contribution in [0.15, 0.2) is 45.3 Å². The van der Waals surface area contributed by atoms with Gasteiger partial charge in [0.05, 0.1) is 21.1 Å². The van der Waals surface area contributed by atoms with Gasteiger partial charge in [0.2, 0.25) is 11.8 Å². The van der Waals surface area contributed by atoms with Crippen LogP contribution in [0, 0.1) is 17.8 Å². The molecule has 2 aromatic carbocycles. The number of hydrogen-bond donors (Lipinski definition) is 3. The monoisotopic (exact) mass is 657 g/mol. The predicted octanol–water partition coefficient (Wildman–Crippen LogP) is 5.89. The van der Waals surface area contributed by atoms with E-state index in [2.05, 4.69) is 47.4 Å². The van der Waals surface area contributed by atoms with E-state index >= 15 is 0 Å². The van der Waals surface area contributed by atoms with Gasteiger partial charge in [-0.2, -0.15) is 13.2 Å². The molecule has 2 amide bonds. The lowest BCUT2D eigenvalue weighted by molar-refractivity contribution is -0.137. The molecule has 3 N–H and O–H groups in total. The summed E-state index contributed by atoms with van der Waals surface area (Å²) in [5.74, 6) is 0.439. The minimum atomic E-state index is -4.49. The molecule has 5 rings (SSSR count). The Hall–Kier alpha value is -2.11. The van der Waals surface area contributed by atoms with Crippen molar-refractivity contribution >= 4 is 49.4 Å². The molecular formula is C27H28Br2F3N3O3. The number of alkyl halides is 3. The lowest BCUT2D eigenvalue weighted by atomic mass is 9.81. The van der Waals surface area contributed by atoms with E-state index in [1.54, 1.807) is 0 Å². The molecule has 1 unspecified atom stereocenters. The number of piperidine rings is 1. The maximum Gasteiger partial charge on any atom is 0.416 e. The SMILES string of the molecule is O=C(CNC(=O)C1[C@H]2CN(C3CCC(c4cc(Br)c(O)c(Br)c4)CC3)C[C@@H]12)Nc1cccc(C(F)(F)F)c1. The highest BCUT2D eigenvalue weighted by Crippen LogP contribution is 2.53. The summed E-state index contributed by atoms with van der Waals surface area (Å²) >= 11 is 6.84. The van der Waals surface area contributed by atoms with Crippen molar-refractivity contribution in [2.24, 2.45) is 17.8 Å². The number of carbonyl (C=O) groups excluding carboxylic acids is 2. The molecule has 0 bridgehead atoms. The molecule has 38 heavy (non-hydrogen) atoms. The van der Waals surface area contributed by atoms with Crippen LogP contribution in [0.3, 0.4) is 0 Å². The van der Waals surface area contributed by atoms with Crippen molar-refractivity contribution in [2.75, 3.05) is 25.0 Å². The highest BCUT2D eigenvalue weighted by atomic mass is 79.9. The Morgan fingerprint density at radius 3 is 2.24 bits per heavy atom. The van der Waals surface area contributed by atoms with Gasteiger partial charge >= 0.3 is 6.18 Å². The molecule has 2 aromatic rings. The van der Waals surface area contributed by atoms with E-state index in [1.165, 1.54) is 17.7 Å². The van der Waals surface area contributed by atoms with E-state index in [9.17, 15) is 27.9 Å². The van der Waals surface area contributed by atoms with Crippen LogP contribution in [0.5, 0.6) is 5.75 Å². The number of hydrogen-bond acceptors (Lipinski definition) is 4. The standard InChI is InChI=1S/C27H28Br2F3N3O3/c28-21-8-15(9-22(29)25(21)37)14-4-6-18(7-5-14)35-12-19-20(13-35)24(19)26(38)33-11-23(36)34-17-3-1-2-16(10-17)27(30,31)32/h1-3,8-10,14,18-20,24,37H,4-7,11-13H2,(H,33,38)(H,34,36)/t14?,18?,19-,20+,24?. The number of nitrogens with one attached hydrogen (secondary N) is 2. The van der Waals surface area contributed by atoms with E-state index in [0.29, 0.717) is 32.7 Å². The number of aromatic hydroxyl groups is 1. The number of amides is 2. The molecular weight excluding hydrogens is 631 g/mol. The Balaban J connectivity index is 1.04. The number of phenols is 1. The smallest absolute Gasteiger partial charge is 0.416 e. The third-order valence-electron chi connectivity index (χ3n) is 8.15. The lowest BCUT2D eigenvalue weighted by Crippen LogP contribution is -2.40. The molecule has 1 saturated heterocycles. The van der Waals surface area contributed by atoms with Crippen LogP contribution >= 0.6 is 31.9 Å². The van der Waals surface area contributed by atoms with Crippen molar-refractivity contribution in [3.8, 4) is 5.75 Å². The molecule has 11 heteroatoms. The van der Waals surface area contributed by atoms with Crippen molar-refractivity contribution in [3.63, 3.8) is 0 Å².